The number of nitrogens with one attached hydrogen (secondary N) is 1. The van der Waals surface area contributed by atoms with Gasteiger partial charge in [0.05, 0.1) is 6.33 Å². The number of hydrogen-bond acceptors (Lipinski definition) is 5. The van der Waals surface area contributed by atoms with Gasteiger partial charge in [-0.1, -0.05) is 6.42 Å². The summed E-state index contributed by atoms with van der Waals surface area (Å²) in [6, 6.07) is 0.00380. The van der Waals surface area contributed by atoms with Gasteiger partial charge >= 0.3 is 5.69 Å². The number of hydroxylamine groups is 1. The molecule has 0 spiro atoms. The van der Waals surface area contributed by atoms with Gasteiger partial charge in [-0.25, -0.2) is 15.3 Å². The van der Waals surface area contributed by atoms with Crippen LogP contribution in [0, 0.1) is 0 Å². The summed E-state index contributed by atoms with van der Waals surface area (Å²) < 4.78 is 4.28. The Morgan fingerprint density at radius 3 is 2.71 bits per heavy atom. The van der Waals surface area contributed by atoms with Crippen molar-refractivity contribution in [2.75, 3.05) is 0 Å². The predicted octanol–water partition coefficient (Wildman–Crippen LogP) is -0.0287. The number of unbranched alkanes of at least 4 members (excludes halogenated alkanes) is 1. The molecule has 8 nitrogen and oxygen atoms in total. The van der Waals surface area contributed by atoms with E-state index in [9.17, 15) is 9.59 Å². The van der Waals surface area contributed by atoms with Crippen molar-refractivity contribution in [2.45, 2.75) is 38.8 Å². The van der Waals surface area contributed by atoms with Crippen molar-refractivity contribution in [3.8, 4) is 0 Å². The van der Waals surface area contributed by atoms with Gasteiger partial charge in [-0.15, -0.1) is 0 Å². The van der Waals surface area contributed by atoms with Crippen molar-refractivity contribution in [3.05, 3.63) is 27.2 Å². The van der Waals surface area contributed by atoms with Gasteiger partial charge in [0.1, 0.15) is 0 Å². The second-order valence-corrected chi connectivity index (χ2v) is 5.35. The highest BCUT2D eigenvalue weighted by atomic mass is 16.5. The van der Waals surface area contributed by atoms with Crippen LogP contribution in [0.4, 0.5) is 0 Å². The molecule has 2 aromatic rings. The average molecular weight is 295 g/mol. The maximum absolute atomic E-state index is 12.4. The Labute approximate surface area is 121 Å². The van der Waals surface area contributed by atoms with Gasteiger partial charge in [0.15, 0.2) is 11.2 Å². The summed E-state index contributed by atoms with van der Waals surface area (Å²) in [6.07, 6.45) is 3.82. The molecule has 0 radical (unpaired) electrons. The molecule has 1 atom stereocenters. The first-order chi connectivity index (χ1) is 9.97. The molecule has 0 aliphatic rings. The molecule has 0 fully saturated rings. The van der Waals surface area contributed by atoms with Gasteiger partial charge < -0.3 is 9.77 Å². The van der Waals surface area contributed by atoms with E-state index in [2.05, 4.69) is 10.5 Å². The molecular weight excluding hydrogens is 274 g/mol. The van der Waals surface area contributed by atoms with Gasteiger partial charge in [-0.05, 0) is 19.8 Å². The average Bonchev–Trinajstić information content (AvgIpc) is 2.86. The standard InChI is InChI=1S/C13H21N5O3/c1-9(15-21)6-4-5-7-18-12(19)10-11(14-8-16(10)2)17(3)13(18)20/h8-9,15,21H,4-7H2,1-3H3. The molecule has 0 bridgehead atoms. The maximum Gasteiger partial charge on any atom is 0.332 e. The van der Waals surface area contributed by atoms with Crippen molar-refractivity contribution in [1.82, 2.24) is 24.2 Å². The molecule has 116 valence electrons. The van der Waals surface area contributed by atoms with E-state index < -0.39 is 0 Å². The molecule has 2 N–H and O–H groups in total. The Hall–Kier alpha value is -1.93. The van der Waals surface area contributed by atoms with Crippen molar-refractivity contribution in [1.29, 1.82) is 0 Å². The lowest BCUT2D eigenvalue weighted by molar-refractivity contribution is 0.127. The molecule has 2 aromatic heterocycles. The summed E-state index contributed by atoms with van der Waals surface area (Å²) in [5, 5.41) is 8.73. The fourth-order valence-corrected chi connectivity index (χ4v) is 2.38. The van der Waals surface area contributed by atoms with E-state index in [4.69, 9.17) is 5.21 Å². The quantitative estimate of drug-likeness (QED) is 0.576. The van der Waals surface area contributed by atoms with Gasteiger partial charge in [0, 0.05) is 26.7 Å². The summed E-state index contributed by atoms with van der Waals surface area (Å²) in [4.78, 5) is 28.7. The van der Waals surface area contributed by atoms with Crippen LogP contribution in [-0.2, 0) is 20.6 Å². The molecule has 0 saturated heterocycles. The van der Waals surface area contributed by atoms with Crippen LogP contribution < -0.4 is 16.7 Å². The van der Waals surface area contributed by atoms with Gasteiger partial charge in [0.25, 0.3) is 5.56 Å². The Balaban J connectivity index is 2.26. The molecule has 0 aromatic carbocycles. The molecular formula is C13H21N5O3. The van der Waals surface area contributed by atoms with Crippen molar-refractivity contribution in [2.24, 2.45) is 14.1 Å². The van der Waals surface area contributed by atoms with E-state index in [1.807, 2.05) is 6.92 Å². The Kier molecular flexibility index (Phi) is 4.59. The number of aryl methyl sites for hydroxylation is 2. The highest BCUT2D eigenvalue weighted by Crippen LogP contribution is 2.04. The summed E-state index contributed by atoms with van der Waals surface area (Å²) in [7, 11) is 3.35. The van der Waals surface area contributed by atoms with Gasteiger partial charge in [0.2, 0.25) is 0 Å². The first-order valence-corrected chi connectivity index (χ1v) is 6.97. The summed E-state index contributed by atoms with van der Waals surface area (Å²) >= 11 is 0. The second kappa shape index (κ2) is 6.23. The van der Waals surface area contributed by atoms with Crippen molar-refractivity contribution >= 4 is 11.2 Å². The summed E-state index contributed by atoms with van der Waals surface area (Å²) in [6.45, 7) is 2.23. The zero-order chi connectivity index (χ0) is 15.6. The van der Waals surface area contributed by atoms with Gasteiger partial charge in [-0.2, -0.15) is 0 Å². The Morgan fingerprint density at radius 1 is 1.33 bits per heavy atom. The van der Waals surface area contributed by atoms with E-state index >= 15 is 0 Å². The molecule has 0 aliphatic carbocycles. The highest BCUT2D eigenvalue weighted by Gasteiger charge is 2.14. The minimum Gasteiger partial charge on any atom is -0.328 e. The third kappa shape index (κ3) is 2.91. The van der Waals surface area contributed by atoms with E-state index in [-0.39, 0.29) is 17.3 Å². The number of nitrogens with zero attached hydrogens (tertiary/aromatic N) is 4. The highest BCUT2D eigenvalue weighted by molar-refractivity contribution is 5.69. The molecule has 0 amide bonds. The minimum atomic E-state index is -0.348. The zero-order valence-electron chi connectivity index (χ0n) is 12.5. The van der Waals surface area contributed by atoms with E-state index in [0.717, 1.165) is 12.8 Å². The van der Waals surface area contributed by atoms with Crippen LogP contribution in [0.15, 0.2) is 15.9 Å². The second-order valence-electron chi connectivity index (χ2n) is 5.35. The zero-order valence-corrected chi connectivity index (χ0v) is 12.5. The van der Waals surface area contributed by atoms with Crippen LogP contribution in [0.2, 0.25) is 0 Å². The van der Waals surface area contributed by atoms with Crippen LogP contribution in [0.3, 0.4) is 0 Å². The topological polar surface area (TPSA) is 94.1 Å². The normalized spacial score (nSPS) is 13.0. The van der Waals surface area contributed by atoms with E-state index in [1.165, 1.54) is 15.5 Å². The lowest BCUT2D eigenvalue weighted by atomic mass is 10.1. The summed E-state index contributed by atoms with van der Waals surface area (Å²) in [5.74, 6) is 0. The van der Waals surface area contributed by atoms with Gasteiger partial charge in [-0.3, -0.25) is 13.9 Å². The molecule has 0 aliphatic heterocycles. The monoisotopic (exact) mass is 295 g/mol. The van der Waals surface area contributed by atoms with Crippen LogP contribution in [0.1, 0.15) is 26.2 Å². The van der Waals surface area contributed by atoms with Crippen molar-refractivity contribution < 1.29 is 5.21 Å². The van der Waals surface area contributed by atoms with Crippen LogP contribution in [0.5, 0.6) is 0 Å². The number of imidazole rings is 1. The fraction of sp³-hybridized carbons (Fsp3) is 0.615. The van der Waals surface area contributed by atoms with E-state index in [1.54, 1.807) is 18.7 Å². The summed E-state index contributed by atoms with van der Waals surface area (Å²) in [5.41, 5.74) is 2.36. The molecule has 21 heavy (non-hydrogen) atoms. The number of hydrogen-bond donors (Lipinski definition) is 2. The first-order valence-electron chi connectivity index (χ1n) is 6.97. The number of aromatic nitrogens is 4. The third-order valence-electron chi connectivity index (χ3n) is 3.69. The number of rotatable bonds is 6. The predicted molar refractivity (Wildman–Crippen MR) is 78.5 cm³/mol. The lowest BCUT2D eigenvalue weighted by Gasteiger charge is -2.10. The SMILES string of the molecule is CC(CCCCn1c(=O)c2c(ncn2C)n(C)c1=O)NO. The Morgan fingerprint density at radius 2 is 2.05 bits per heavy atom. The number of fused-ring (bicyclic) bond motifs is 1. The minimum absolute atomic E-state index is 0.00380. The fourth-order valence-electron chi connectivity index (χ4n) is 2.38. The van der Waals surface area contributed by atoms with Crippen LogP contribution in [-0.4, -0.2) is 29.9 Å². The molecule has 1 unspecified atom stereocenters. The lowest BCUT2D eigenvalue weighted by Crippen LogP contribution is -2.39. The largest absolute Gasteiger partial charge is 0.332 e. The molecule has 0 saturated carbocycles. The van der Waals surface area contributed by atoms with Crippen LogP contribution in [0.25, 0.3) is 11.2 Å². The smallest absolute Gasteiger partial charge is 0.328 e. The van der Waals surface area contributed by atoms with E-state index in [0.29, 0.717) is 24.1 Å². The molecule has 2 heterocycles. The first kappa shape index (κ1) is 15.5. The van der Waals surface area contributed by atoms with Crippen molar-refractivity contribution in [3.63, 3.8) is 0 Å². The third-order valence-corrected chi connectivity index (χ3v) is 3.69. The molecule has 8 heteroatoms. The molecule has 2 rings (SSSR count). The Bertz CT molecular complexity index is 743. The maximum atomic E-state index is 12.4. The van der Waals surface area contributed by atoms with Crippen LogP contribution >= 0.6 is 0 Å².